The minimum absolute atomic E-state index is 0.222. The summed E-state index contributed by atoms with van der Waals surface area (Å²) in [5.41, 5.74) is 2.87. The second-order valence-electron chi connectivity index (χ2n) is 6.54. The van der Waals surface area contributed by atoms with Crippen LogP contribution in [0.1, 0.15) is 19.4 Å². The average molecular weight is 343 g/mol. The molecule has 1 aromatic carbocycles. The van der Waals surface area contributed by atoms with Gasteiger partial charge in [0.15, 0.2) is 0 Å². The lowest BCUT2D eigenvalue weighted by atomic mass is 10.2. The zero-order valence-corrected chi connectivity index (χ0v) is 14.9. The molecule has 1 fully saturated rings. The van der Waals surface area contributed by atoms with Crippen molar-refractivity contribution in [2.75, 3.05) is 23.3 Å². The van der Waals surface area contributed by atoms with Crippen LogP contribution >= 0.6 is 0 Å². The highest BCUT2D eigenvalue weighted by Crippen LogP contribution is 2.22. The third kappa shape index (κ3) is 4.73. The van der Waals surface area contributed by atoms with Crippen LogP contribution in [0.2, 0.25) is 0 Å². The highest BCUT2D eigenvalue weighted by Gasteiger charge is 2.22. The highest BCUT2D eigenvalue weighted by molar-refractivity contribution is 5.89. The van der Waals surface area contributed by atoms with Crippen LogP contribution in [0.5, 0.6) is 0 Å². The molecule has 2 aromatic rings. The Morgan fingerprint density at radius 3 is 2.52 bits per heavy atom. The molecule has 1 aliphatic heterocycles. The maximum atomic E-state index is 12.0. The Hall–Kier alpha value is -2.54. The van der Waals surface area contributed by atoms with Gasteiger partial charge in [0.2, 0.25) is 0 Å². The van der Waals surface area contributed by atoms with Crippen molar-refractivity contribution >= 4 is 17.4 Å². The summed E-state index contributed by atoms with van der Waals surface area (Å²) >= 11 is 0. The molecule has 2 N–H and O–H groups in total. The number of carbonyl (C=O) groups excluding carboxylic acids is 1. The normalized spacial score (nSPS) is 20.4. The average Bonchev–Trinajstić information content (AvgIpc) is 2.98. The van der Waals surface area contributed by atoms with Crippen molar-refractivity contribution < 1.29 is 9.53 Å². The molecular weight excluding hydrogens is 318 g/mol. The van der Waals surface area contributed by atoms with E-state index in [9.17, 15) is 4.79 Å². The second kappa shape index (κ2) is 7.57. The predicted octanol–water partition coefficient (Wildman–Crippen LogP) is 2.36. The van der Waals surface area contributed by atoms with E-state index in [-0.39, 0.29) is 18.2 Å². The Kier molecular flexibility index (Phi) is 5.23. The highest BCUT2D eigenvalue weighted by atomic mass is 16.5. The lowest BCUT2D eigenvalue weighted by Gasteiger charge is -2.36. The maximum absolute atomic E-state index is 12.0. The van der Waals surface area contributed by atoms with Gasteiger partial charge in [0.25, 0.3) is 0 Å². The van der Waals surface area contributed by atoms with Gasteiger partial charge < -0.3 is 20.3 Å². The molecule has 2 heterocycles. The van der Waals surface area contributed by atoms with E-state index in [1.54, 1.807) is 10.9 Å². The summed E-state index contributed by atoms with van der Waals surface area (Å²) in [5, 5.41) is 9.74. The van der Waals surface area contributed by atoms with Crippen molar-refractivity contribution in [3.05, 3.63) is 42.2 Å². The smallest absolute Gasteiger partial charge is 0.319 e. The van der Waals surface area contributed by atoms with Crippen molar-refractivity contribution in [2.24, 2.45) is 7.05 Å². The van der Waals surface area contributed by atoms with Crippen molar-refractivity contribution in [1.82, 2.24) is 15.1 Å². The number of carbonyl (C=O) groups is 1. The van der Waals surface area contributed by atoms with Crippen molar-refractivity contribution in [2.45, 2.75) is 32.6 Å². The molecule has 1 aliphatic rings. The van der Waals surface area contributed by atoms with Gasteiger partial charge in [-0.25, -0.2) is 4.79 Å². The molecule has 7 nitrogen and oxygen atoms in total. The molecule has 25 heavy (non-hydrogen) atoms. The first-order chi connectivity index (χ1) is 12.0. The zero-order chi connectivity index (χ0) is 17.8. The fourth-order valence-corrected chi connectivity index (χ4v) is 3.07. The molecule has 2 unspecified atom stereocenters. The van der Waals surface area contributed by atoms with Crippen LogP contribution in [0.3, 0.4) is 0 Å². The van der Waals surface area contributed by atoms with E-state index < -0.39 is 0 Å². The fraction of sp³-hybridized carbons (Fsp3) is 0.444. The van der Waals surface area contributed by atoms with Crippen LogP contribution in [0, 0.1) is 0 Å². The number of aryl methyl sites for hydroxylation is 1. The number of nitrogens with one attached hydrogen (secondary N) is 2. The first-order valence-electron chi connectivity index (χ1n) is 8.52. The molecule has 1 aromatic heterocycles. The topological polar surface area (TPSA) is 71.4 Å². The summed E-state index contributed by atoms with van der Waals surface area (Å²) in [4.78, 5) is 14.3. The van der Waals surface area contributed by atoms with Gasteiger partial charge in [0.1, 0.15) is 0 Å². The van der Waals surface area contributed by atoms with E-state index in [1.165, 1.54) is 0 Å². The number of hydrogen-bond donors (Lipinski definition) is 2. The van der Waals surface area contributed by atoms with Gasteiger partial charge in [-0.05, 0) is 38.1 Å². The lowest BCUT2D eigenvalue weighted by Crippen LogP contribution is -2.45. The SMILES string of the molecule is CC1CN(c2ccc(NC(=O)NCc3cnn(C)c3)cc2)CC(C)O1. The summed E-state index contributed by atoms with van der Waals surface area (Å²) in [6.45, 7) is 6.38. The number of anilines is 2. The summed E-state index contributed by atoms with van der Waals surface area (Å²) in [6, 6.07) is 7.67. The van der Waals surface area contributed by atoms with Crippen LogP contribution in [0.25, 0.3) is 0 Å². The van der Waals surface area contributed by atoms with Crippen LogP contribution in [0.15, 0.2) is 36.7 Å². The summed E-state index contributed by atoms with van der Waals surface area (Å²) in [7, 11) is 1.85. The molecule has 0 spiro atoms. The molecule has 134 valence electrons. The summed E-state index contributed by atoms with van der Waals surface area (Å²) < 4.78 is 7.48. The monoisotopic (exact) mass is 343 g/mol. The Morgan fingerprint density at radius 2 is 1.92 bits per heavy atom. The molecule has 0 aliphatic carbocycles. The van der Waals surface area contributed by atoms with Crippen molar-refractivity contribution in [3.8, 4) is 0 Å². The van der Waals surface area contributed by atoms with Crippen LogP contribution in [-0.4, -0.2) is 41.1 Å². The number of hydrogen-bond acceptors (Lipinski definition) is 4. The van der Waals surface area contributed by atoms with Gasteiger partial charge in [0.05, 0.1) is 18.4 Å². The molecule has 0 bridgehead atoms. The van der Waals surface area contributed by atoms with E-state index in [4.69, 9.17) is 4.74 Å². The number of morpholine rings is 1. The second-order valence-corrected chi connectivity index (χ2v) is 6.54. The Morgan fingerprint density at radius 1 is 1.24 bits per heavy atom. The number of urea groups is 1. The Balaban J connectivity index is 1.52. The standard InChI is InChI=1S/C18H25N5O2/c1-13-10-23(11-14(2)25-13)17-6-4-16(5-7-17)21-18(24)19-8-15-9-20-22(3)12-15/h4-7,9,12-14H,8,10-11H2,1-3H3,(H2,19,21,24). The van der Waals surface area contributed by atoms with Crippen LogP contribution in [-0.2, 0) is 18.3 Å². The lowest BCUT2D eigenvalue weighted by molar-refractivity contribution is -0.00521. The number of nitrogens with zero attached hydrogens (tertiary/aromatic N) is 3. The minimum Gasteiger partial charge on any atom is -0.372 e. The fourth-order valence-electron chi connectivity index (χ4n) is 3.07. The molecule has 1 saturated heterocycles. The number of ether oxygens (including phenoxy) is 1. The third-order valence-corrected chi connectivity index (χ3v) is 4.12. The van der Waals surface area contributed by atoms with Crippen molar-refractivity contribution in [1.29, 1.82) is 0 Å². The van der Waals surface area contributed by atoms with E-state index in [2.05, 4.69) is 34.5 Å². The van der Waals surface area contributed by atoms with E-state index in [1.807, 2.05) is 37.5 Å². The van der Waals surface area contributed by atoms with Crippen molar-refractivity contribution in [3.63, 3.8) is 0 Å². The van der Waals surface area contributed by atoms with Gasteiger partial charge in [-0.2, -0.15) is 5.10 Å². The molecule has 2 atom stereocenters. The molecular formula is C18H25N5O2. The minimum atomic E-state index is -0.231. The Labute approximate surface area is 148 Å². The van der Waals surface area contributed by atoms with Crippen LogP contribution in [0.4, 0.5) is 16.2 Å². The molecule has 0 radical (unpaired) electrons. The zero-order valence-electron chi connectivity index (χ0n) is 14.9. The van der Waals surface area contributed by atoms with Gasteiger partial charge in [-0.1, -0.05) is 0 Å². The molecule has 2 amide bonds. The molecule has 0 saturated carbocycles. The molecule has 3 rings (SSSR count). The quantitative estimate of drug-likeness (QED) is 0.894. The number of benzene rings is 1. The van der Waals surface area contributed by atoms with E-state index in [0.29, 0.717) is 6.54 Å². The third-order valence-electron chi connectivity index (χ3n) is 4.12. The number of amides is 2. The summed E-state index contributed by atoms with van der Waals surface area (Å²) in [6.07, 6.45) is 4.05. The van der Waals surface area contributed by atoms with E-state index in [0.717, 1.165) is 30.0 Å². The first-order valence-corrected chi connectivity index (χ1v) is 8.52. The Bertz CT molecular complexity index is 703. The van der Waals surface area contributed by atoms with Gasteiger partial charge in [0, 0.05) is 49.8 Å². The number of aromatic nitrogens is 2. The molecule has 7 heteroatoms. The van der Waals surface area contributed by atoms with Gasteiger partial charge in [-0.15, -0.1) is 0 Å². The maximum Gasteiger partial charge on any atom is 0.319 e. The van der Waals surface area contributed by atoms with E-state index >= 15 is 0 Å². The summed E-state index contributed by atoms with van der Waals surface area (Å²) in [5.74, 6) is 0. The van der Waals surface area contributed by atoms with Crippen LogP contribution < -0.4 is 15.5 Å². The largest absolute Gasteiger partial charge is 0.372 e. The van der Waals surface area contributed by atoms with Gasteiger partial charge >= 0.3 is 6.03 Å². The number of rotatable bonds is 4. The first kappa shape index (κ1) is 17.3. The predicted molar refractivity (Wildman–Crippen MR) is 97.7 cm³/mol. The van der Waals surface area contributed by atoms with Gasteiger partial charge in [-0.3, -0.25) is 4.68 Å².